The lowest BCUT2D eigenvalue weighted by Crippen LogP contribution is -2.49. The van der Waals surface area contributed by atoms with Crippen LogP contribution in [0.5, 0.6) is 0 Å². The minimum absolute atomic E-state index is 0.463. The Labute approximate surface area is 196 Å². The van der Waals surface area contributed by atoms with Crippen LogP contribution in [0.15, 0.2) is 11.6 Å². The Balaban J connectivity index is 1.73. The van der Waals surface area contributed by atoms with Gasteiger partial charge in [0.25, 0.3) is 0 Å². The zero-order chi connectivity index (χ0) is 21.4. The van der Waals surface area contributed by atoms with Crippen LogP contribution >= 0.6 is 22.6 Å². The molecule has 2 saturated carbocycles. The molecule has 0 N–H and O–H groups in total. The standard InChI is InChI=1S/C28H49I/c1-19(2)9-8-10-20(3)24-13-14-25-23-12-11-21(4)27(6,17-15-22(5)29)26(23)16-18-28(24,25)7/h11,19-20,22-26H,8-10,12-18H2,1-7H3/t20-,22?,23?,24?,25?,26?,27?,28?/m1/s1. The molecule has 1 heteroatoms. The van der Waals surface area contributed by atoms with Gasteiger partial charge in [-0.1, -0.05) is 95.0 Å². The summed E-state index contributed by atoms with van der Waals surface area (Å²) < 4.78 is 0.800. The summed E-state index contributed by atoms with van der Waals surface area (Å²) in [4.78, 5) is 0. The van der Waals surface area contributed by atoms with Gasteiger partial charge in [-0.15, -0.1) is 0 Å². The highest BCUT2D eigenvalue weighted by atomic mass is 127. The Morgan fingerprint density at radius 1 is 1.00 bits per heavy atom. The van der Waals surface area contributed by atoms with Gasteiger partial charge in [-0.2, -0.15) is 0 Å². The normalized spacial score (nSPS) is 41.6. The van der Waals surface area contributed by atoms with Crippen LogP contribution in [-0.4, -0.2) is 3.92 Å². The predicted octanol–water partition coefficient (Wildman–Crippen LogP) is 9.47. The fraction of sp³-hybridized carbons (Fsp3) is 0.929. The first-order valence-electron chi connectivity index (χ1n) is 12.9. The van der Waals surface area contributed by atoms with Crippen molar-refractivity contribution in [2.75, 3.05) is 0 Å². The highest BCUT2D eigenvalue weighted by Crippen LogP contribution is 2.66. The molecule has 0 aromatic rings. The summed E-state index contributed by atoms with van der Waals surface area (Å²) in [5.41, 5.74) is 2.80. The number of halogens is 1. The van der Waals surface area contributed by atoms with Crippen molar-refractivity contribution >= 4 is 22.6 Å². The molecule has 3 aliphatic carbocycles. The van der Waals surface area contributed by atoms with Crippen molar-refractivity contribution in [3.63, 3.8) is 0 Å². The third kappa shape index (κ3) is 4.80. The topological polar surface area (TPSA) is 0 Å². The molecule has 3 aliphatic rings. The molecule has 8 atom stereocenters. The van der Waals surface area contributed by atoms with Crippen molar-refractivity contribution in [3.05, 3.63) is 11.6 Å². The molecule has 0 bridgehead atoms. The van der Waals surface area contributed by atoms with E-state index in [2.05, 4.69) is 77.1 Å². The van der Waals surface area contributed by atoms with E-state index in [1.807, 2.05) is 0 Å². The van der Waals surface area contributed by atoms with E-state index in [9.17, 15) is 0 Å². The summed E-state index contributed by atoms with van der Waals surface area (Å²) in [5, 5.41) is 0. The van der Waals surface area contributed by atoms with Gasteiger partial charge in [-0.05, 0) is 98.2 Å². The highest BCUT2D eigenvalue weighted by molar-refractivity contribution is 14.1. The zero-order valence-corrected chi connectivity index (χ0v) is 22.7. The first kappa shape index (κ1) is 24.1. The molecule has 3 rings (SSSR count). The Hall–Kier alpha value is 0.470. The van der Waals surface area contributed by atoms with E-state index in [-0.39, 0.29) is 0 Å². The lowest BCUT2D eigenvalue weighted by atomic mass is 9.48. The first-order valence-corrected chi connectivity index (χ1v) is 14.2. The quantitative estimate of drug-likeness (QED) is 0.173. The molecule has 0 spiro atoms. The van der Waals surface area contributed by atoms with Gasteiger partial charge in [0.05, 0.1) is 0 Å². The second-order valence-electron chi connectivity index (χ2n) is 12.3. The summed E-state index contributed by atoms with van der Waals surface area (Å²) in [5.74, 6) is 5.65. The van der Waals surface area contributed by atoms with Gasteiger partial charge in [0.1, 0.15) is 0 Å². The minimum Gasteiger partial charge on any atom is -0.0848 e. The number of hydrogen-bond acceptors (Lipinski definition) is 0. The largest absolute Gasteiger partial charge is 0.0848 e. The van der Waals surface area contributed by atoms with Gasteiger partial charge in [-0.25, -0.2) is 0 Å². The highest BCUT2D eigenvalue weighted by Gasteiger charge is 2.58. The van der Waals surface area contributed by atoms with Crippen molar-refractivity contribution in [2.24, 2.45) is 46.3 Å². The maximum absolute atomic E-state index is 2.72. The van der Waals surface area contributed by atoms with Gasteiger partial charge >= 0.3 is 0 Å². The fourth-order valence-electron chi connectivity index (χ4n) is 8.15. The average molecular weight is 513 g/mol. The Morgan fingerprint density at radius 2 is 1.72 bits per heavy atom. The van der Waals surface area contributed by atoms with Crippen molar-refractivity contribution in [1.29, 1.82) is 0 Å². The molecule has 0 nitrogen and oxygen atoms in total. The van der Waals surface area contributed by atoms with Crippen LogP contribution in [0, 0.1) is 46.3 Å². The van der Waals surface area contributed by atoms with Crippen molar-refractivity contribution < 1.29 is 0 Å². The Kier molecular flexibility index (Phi) is 7.93. The summed E-state index contributed by atoms with van der Waals surface area (Å²) in [7, 11) is 0. The lowest BCUT2D eigenvalue weighted by Gasteiger charge is -2.57. The summed E-state index contributed by atoms with van der Waals surface area (Å²) in [6, 6.07) is 0. The molecule has 0 aromatic heterocycles. The van der Waals surface area contributed by atoms with Crippen molar-refractivity contribution in [1.82, 2.24) is 0 Å². The van der Waals surface area contributed by atoms with Crippen LogP contribution < -0.4 is 0 Å². The Morgan fingerprint density at radius 3 is 2.38 bits per heavy atom. The molecule has 2 fully saturated rings. The number of allylic oxidation sites excluding steroid dienone is 2. The van der Waals surface area contributed by atoms with E-state index in [0.717, 1.165) is 39.4 Å². The molecular weight excluding hydrogens is 463 g/mol. The summed E-state index contributed by atoms with van der Waals surface area (Å²) in [6.07, 6.45) is 17.2. The number of hydrogen-bond donors (Lipinski definition) is 0. The average Bonchev–Trinajstić information content (AvgIpc) is 3.00. The van der Waals surface area contributed by atoms with Crippen LogP contribution in [-0.2, 0) is 0 Å². The van der Waals surface area contributed by atoms with Gasteiger partial charge < -0.3 is 0 Å². The van der Waals surface area contributed by atoms with Crippen LogP contribution in [0.2, 0.25) is 0 Å². The molecule has 0 saturated heterocycles. The number of fused-ring (bicyclic) bond motifs is 3. The second kappa shape index (κ2) is 9.53. The second-order valence-corrected chi connectivity index (χ2v) is 14.4. The SMILES string of the molecule is CC1=CCC2C(CCC3(C)C2CCC3[C@H](C)CCCC(C)C)C1(C)CCC(C)I. The molecule has 0 radical (unpaired) electrons. The van der Waals surface area contributed by atoms with E-state index in [0.29, 0.717) is 10.8 Å². The number of alkyl halides is 1. The lowest BCUT2D eigenvalue weighted by molar-refractivity contribution is -0.0460. The molecule has 7 unspecified atom stereocenters. The maximum atomic E-state index is 2.72. The van der Waals surface area contributed by atoms with Crippen LogP contribution in [0.3, 0.4) is 0 Å². The molecule has 0 heterocycles. The van der Waals surface area contributed by atoms with Gasteiger partial charge in [0, 0.05) is 3.92 Å². The van der Waals surface area contributed by atoms with Gasteiger partial charge in [0.15, 0.2) is 0 Å². The van der Waals surface area contributed by atoms with E-state index >= 15 is 0 Å². The smallest absolute Gasteiger partial charge is 0.00816 e. The number of rotatable bonds is 8. The maximum Gasteiger partial charge on any atom is 0.00816 e. The van der Waals surface area contributed by atoms with E-state index in [1.165, 1.54) is 64.2 Å². The molecule has 0 amide bonds. The van der Waals surface area contributed by atoms with E-state index < -0.39 is 0 Å². The predicted molar refractivity (Wildman–Crippen MR) is 138 cm³/mol. The monoisotopic (exact) mass is 512 g/mol. The van der Waals surface area contributed by atoms with Gasteiger partial charge in [0.2, 0.25) is 0 Å². The van der Waals surface area contributed by atoms with Crippen molar-refractivity contribution in [3.8, 4) is 0 Å². The molecule has 0 aromatic carbocycles. The van der Waals surface area contributed by atoms with Crippen molar-refractivity contribution in [2.45, 2.75) is 117 Å². The third-order valence-electron chi connectivity index (χ3n) is 10.1. The zero-order valence-electron chi connectivity index (χ0n) is 20.6. The van der Waals surface area contributed by atoms with Crippen LogP contribution in [0.4, 0.5) is 0 Å². The fourth-order valence-corrected chi connectivity index (χ4v) is 8.46. The molecular formula is C28H49I. The minimum atomic E-state index is 0.463. The van der Waals surface area contributed by atoms with Crippen LogP contribution in [0.25, 0.3) is 0 Å². The van der Waals surface area contributed by atoms with E-state index in [1.54, 1.807) is 5.57 Å². The third-order valence-corrected chi connectivity index (χ3v) is 10.7. The first-order chi connectivity index (χ1) is 13.6. The molecule has 0 aliphatic heterocycles. The van der Waals surface area contributed by atoms with E-state index in [4.69, 9.17) is 0 Å². The van der Waals surface area contributed by atoms with Gasteiger partial charge in [-0.3, -0.25) is 0 Å². The Bertz CT molecular complexity index is 575. The molecule has 29 heavy (non-hydrogen) atoms. The summed E-state index contributed by atoms with van der Waals surface area (Å²) in [6.45, 7) is 17.6. The summed E-state index contributed by atoms with van der Waals surface area (Å²) >= 11 is 2.63. The van der Waals surface area contributed by atoms with Crippen LogP contribution in [0.1, 0.15) is 113 Å². The molecule has 168 valence electrons.